The van der Waals surface area contributed by atoms with Gasteiger partial charge in [-0.05, 0) is 50.1 Å². The van der Waals surface area contributed by atoms with Crippen LogP contribution in [0.4, 0.5) is 0 Å². The normalized spacial score (nSPS) is 19.4. The van der Waals surface area contributed by atoms with Gasteiger partial charge in [0.15, 0.2) is 0 Å². The minimum Gasteiger partial charge on any atom is -0.494 e. The zero-order valence-electron chi connectivity index (χ0n) is 12.3. The molecule has 116 valence electrons. The van der Waals surface area contributed by atoms with E-state index in [9.17, 15) is 5.11 Å². The molecule has 0 saturated carbocycles. The van der Waals surface area contributed by atoms with Gasteiger partial charge in [0, 0.05) is 18.2 Å². The molecule has 1 aromatic rings. The van der Waals surface area contributed by atoms with Gasteiger partial charge in [-0.15, -0.1) is 0 Å². The van der Waals surface area contributed by atoms with Gasteiger partial charge in [-0.2, -0.15) is 0 Å². The van der Waals surface area contributed by atoms with E-state index in [0.29, 0.717) is 17.6 Å². The first-order chi connectivity index (χ1) is 10.2. The van der Waals surface area contributed by atoms with Crippen LogP contribution in [0.15, 0.2) is 24.3 Å². The topological polar surface area (TPSA) is 58.7 Å². The van der Waals surface area contributed by atoms with Crippen molar-refractivity contribution in [1.29, 1.82) is 0 Å². The Morgan fingerprint density at radius 2 is 2.10 bits per heavy atom. The van der Waals surface area contributed by atoms with Gasteiger partial charge in [-0.3, -0.25) is 4.90 Å². The molecule has 0 aliphatic carbocycles. The van der Waals surface area contributed by atoms with E-state index in [1.54, 1.807) is 0 Å². The van der Waals surface area contributed by atoms with E-state index in [-0.39, 0.29) is 6.61 Å². The van der Waals surface area contributed by atoms with Crippen molar-refractivity contribution in [2.75, 3.05) is 26.3 Å². The van der Waals surface area contributed by atoms with Crippen molar-refractivity contribution in [3.63, 3.8) is 0 Å². The molecule has 0 radical (unpaired) electrons. The summed E-state index contributed by atoms with van der Waals surface area (Å²) < 4.78 is 5.73. The van der Waals surface area contributed by atoms with E-state index in [4.69, 9.17) is 22.7 Å². The molecule has 1 aliphatic heterocycles. The van der Waals surface area contributed by atoms with Crippen LogP contribution < -0.4 is 10.5 Å². The Morgan fingerprint density at radius 1 is 1.33 bits per heavy atom. The molecule has 1 aliphatic rings. The lowest BCUT2D eigenvalue weighted by molar-refractivity contribution is 0.0851. The standard InChI is InChI=1S/C16H24N2O2S/c17-16(21)13-5-7-15(8-6-13)20-11-3-10-18-9-2-1-4-14(18)12-19/h5-8,14,19H,1-4,9-12H2,(H2,17,21). The van der Waals surface area contributed by atoms with Gasteiger partial charge in [0.05, 0.1) is 13.2 Å². The van der Waals surface area contributed by atoms with Crippen molar-refractivity contribution >= 4 is 17.2 Å². The summed E-state index contributed by atoms with van der Waals surface area (Å²) >= 11 is 4.92. The molecule has 1 heterocycles. The number of hydrogen-bond acceptors (Lipinski definition) is 4. The number of aliphatic hydroxyl groups excluding tert-OH is 1. The summed E-state index contributed by atoms with van der Waals surface area (Å²) in [6.07, 6.45) is 4.54. The molecule has 0 spiro atoms. The van der Waals surface area contributed by atoms with Crippen LogP contribution in [0.1, 0.15) is 31.2 Å². The molecule has 0 bridgehead atoms. The number of benzene rings is 1. The maximum Gasteiger partial charge on any atom is 0.119 e. The Balaban J connectivity index is 1.70. The largest absolute Gasteiger partial charge is 0.494 e. The van der Waals surface area contributed by atoms with Gasteiger partial charge in [0.2, 0.25) is 0 Å². The molecule has 2 rings (SSSR count). The first kappa shape index (κ1) is 16.2. The van der Waals surface area contributed by atoms with Crippen molar-refractivity contribution in [2.24, 2.45) is 5.73 Å². The highest BCUT2D eigenvalue weighted by atomic mass is 32.1. The molecule has 4 nitrogen and oxygen atoms in total. The molecule has 0 aromatic heterocycles. The molecule has 1 saturated heterocycles. The van der Waals surface area contributed by atoms with Gasteiger partial charge in [-0.1, -0.05) is 18.6 Å². The number of likely N-dealkylation sites (tertiary alicyclic amines) is 1. The minimum atomic E-state index is 0.265. The molecule has 3 N–H and O–H groups in total. The average molecular weight is 308 g/mol. The van der Waals surface area contributed by atoms with Crippen molar-refractivity contribution in [3.05, 3.63) is 29.8 Å². The van der Waals surface area contributed by atoms with E-state index in [2.05, 4.69) is 4.90 Å². The second-order valence-corrected chi connectivity index (χ2v) is 5.90. The first-order valence-corrected chi connectivity index (χ1v) is 7.99. The van der Waals surface area contributed by atoms with Crippen LogP contribution in [0.3, 0.4) is 0 Å². The molecule has 1 unspecified atom stereocenters. The van der Waals surface area contributed by atoms with E-state index in [1.165, 1.54) is 12.8 Å². The van der Waals surface area contributed by atoms with Crippen molar-refractivity contribution in [2.45, 2.75) is 31.7 Å². The number of hydrogen-bond donors (Lipinski definition) is 2. The fraction of sp³-hybridized carbons (Fsp3) is 0.562. The summed E-state index contributed by atoms with van der Waals surface area (Å²) in [6.45, 7) is 3.02. The van der Waals surface area contributed by atoms with Gasteiger partial charge >= 0.3 is 0 Å². The summed E-state index contributed by atoms with van der Waals surface area (Å²) in [6, 6.07) is 7.88. The highest BCUT2D eigenvalue weighted by molar-refractivity contribution is 7.80. The molecule has 1 atom stereocenters. The molecule has 21 heavy (non-hydrogen) atoms. The van der Waals surface area contributed by atoms with E-state index in [0.717, 1.165) is 37.2 Å². The maximum atomic E-state index is 9.37. The lowest BCUT2D eigenvalue weighted by Crippen LogP contribution is -2.42. The van der Waals surface area contributed by atoms with Crippen LogP contribution in [-0.4, -0.2) is 47.3 Å². The molecule has 1 fully saturated rings. The Hall–Kier alpha value is -1.17. The maximum absolute atomic E-state index is 9.37. The number of nitrogens with zero attached hydrogens (tertiary/aromatic N) is 1. The lowest BCUT2D eigenvalue weighted by Gasteiger charge is -2.34. The Bertz CT molecular complexity index is 450. The van der Waals surface area contributed by atoms with Crippen LogP contribution in [0.25, 0.3) is 0 Å². The molecule has 1 aromatic carbocycles. The van der Waals surface area contributed by atoms with Crippen LogP contribution in [0.5, 0.6) is 5.75 Å². The first-order valence-electron chi connectivity index (χ1n) is 7.58. The van der Waals surface area contributed by atoms with E-state index >= 15 is 0 Å². The lowest BCUT2D eigenvalue weighted by atomic mass is 10.0. The second kappa shape index (κ2) is 8.32. The quantitative estimate of drug-likeness (QED) is 0.595. The van der Waals surface area contributed by atoms with E-state index in [1.807, 2.05) is 24.3 Å². The van der Waals surface area contributed by atoms with E-state index < -0.39 is 0 Å². The zero-order valence-corrected chi connectivity index (χ0v) is 13.1. The molecule has 5 heteroatoms. The highest BCUT2D eigenvalue weighted by Gasteiger charge is 2.20. The van der Waals surface area contributed by atoms with Gasteiger partial charge in [0.1, 0.15) is 10.7 Å². The van der Waals surface area contributed by atoms with Crippen molar-refractivity contribution in [1.82, 2.24) is 4.90 Å². The highest BCUT2D eigenvalue weighted by Crippen LogP contribution is 2.17. The fourth-order valence-electron chi connectivity index (χ4n) is 2.73. The van der Waals surface area contributed by atoms with Crippen LogP contribution >= 0.6 is 12.2 Å². The number of aliphatic hydroxyl groups is 1. The average Bonchev–Trinajstić information content (AvgIpc) is 2.52. The van der Waals surface area contributed by atoms with Gasteiger partial charge in [0.25, 0.3) is 0 Å². The number of ether oxygens (including phenoxy) is 1. The van der Waals surface area contributed by atoms with Crippen LogP contribution in [0.2, 0.25) is 0 Å². The number of nitrogens with two attached hydrogens (primary N) is 1. The smallest absolute Gasteiger partial charge is 0.119 e. The molecular weight excluding hydrogens is 284 g/mol. The third-order valence-electron chi connectivity index (χ3n) is 3.96. The summed E-state index contributed by atoms with van der Waals surface area (Å²) in [4.78, 5) is 2.78. The van der Waals surface area contributed by atoms with Crippen molar-refractivity contribution in [3.8, 4) is 5.75 Å². The second-order valence-electron chi connectivity index (χ2n) is 5.46. The number of thiocarbonyl (C=S) groups is 1. The summed E-state index contributed by atoms with van der Waals surface area (Å²) in [5, 5.41) is 9.37. The van der Waals surface area contributed by atoms with Gasteiger partial charge in [-0.25, -0.2) is 0 Å². The molecular formula is C16H24N2O2S. The number of piperidine rings is 1. The summed E-state index contributed by atoms with van der Waals surface area (Å²) in [5.74, 6) is 0.840. The third-order valence-corrected chi connectivity index (χ3v) is 4.19. The SMILES string of the molecule is NC(=S)c1ccc(OCCCN2CCCCC2CO)cc1. The monoisotopic (exact) mass is 308 g/mol. The zero-order chi connectivity index (χ0) is 15.1. The third kappa shape index (κ3) is 4.95. The van der Waals surface area contributed by atoms with Crippen molar-refractivity contribution < 1.29 is 9.84 Å². The molecule has 0 amide bonds. The summed E-state index contributed by atoms with van der Waals surface area (Å²) in [7, 11) is 0. The Kier molecular flexibility index (Phi) is 6.42. The van der Waals surface area contributed by atoms with Gasteiger partial charge < -0.3 is 15.6 Å². The number of rotatable bonds is 7. The fourth-order valence-corrected chi connectivity index (χ4v) is 2.87. The predicted molar refractivity (Wildman–Crippen MR) is 88.7 cm³/mol. The van der Waals surface area contributed by atoms with Crippen LogP contribution in [0, 0.1) is 0 Å². The van der Waals surface area contributed by atoms with Crippen LogP contribution in [-0.2, 0) is 0 Å². The Morgan fingerprint density at radius 3 is 2.76 bits per heavy atom. The minimum absolute atomic E-state index is 0.265. The summed E-state index contributed by atoms with van der Waals surface area (Å²) in [5.41, 5.74) is 6.42. The Labute approximate surface area is 131 Å². The predicted octanol–water partition coefficient (Wildman–Crippen LogP) is 1.94.